The van der Waals surface area contributed by atoms with Crippen molar-refractivity contribution in [2.75, 3.05) is 19.1 Å². The van der Waals surface area contributed by atoms with E-state index >= 15 is 0 Å². The Labute approximate surface area is 163 Å². The summed E-state index contributed by atoms with van der Waals surface area (Å²) in [5.41, 5.74) is 1.50. The van der Waals surface area contributed by atoms with E-state index in [0.717, 1.165) is 15.7 Å². The van der Waals surface area contributed by atoms with Crippen LogP contribution in [0.2, 0.25) is 0 Å². The Morgan fingerprint density at radius 1 is 1.12 bits per heavy atom. The Morgan fingerprint density at radius 3 is 2.48 bits per heavy atom. The molecule has 3 rings (SSSR count). The van der Waals surface area contributed by atoms with E-state index in [1.807, 2.05) is 42.5 Å². The fourth-order valence-corrected chi connectivity index (χ4v) is 4.00. The fraction of sp³-hybridized carbons (Fsp3) is 0.111. The maximum Gasteiger partial charge on any atom is 0.270 e. The molecule has 1 fully saturated rings. The lowest BCUT2D eigenvalue weighted by Crippen LogP contribution is -2.27. The van der Waals surface area contributed by atoms with Crippen LogP contribution in [0.5, 0.6) is 11.5 Å². The van der Waals surface area contributed by atoms with Crippen molar-refractivity contribution < 1.29 is 14.3 Å². The van der Waals surface area contributed by atoms with Crippen LogP contribution in [0.25, 0.3) is 6.08 Å². The second-order valence-corrected chi connectivity index (χ2v) is 7.67. The Hall–Kier alpha value is -1.83. The van der Waals surface area contributed by atoms with E-state index in [4.69, 9.17) is 21.7 Å². The van der Waals surface area contributed by atoms with Crippen LogP contribution in [-0.4, -0.2) is 24.4 Å². The summed E-state index contributed by atoms with van der Waals surface area (Å²) < 4.78 is 12.2. The van der Waals surface area contributed by atoms with Crippen molar-refractivity contribution in [3.63, 3.8) is 0 Å². The van der Waals surface area contributed by atoms with E-state index in [2.05, 4.69) is 15.9 Å². The normalized spacial score (nSPS) is 15.8. The van der Waals surface area contributed by atoms with E-state index in [0.29, 0.717) is 20.7 Å². The molecule has 0 radical (unpaired) electrons. The lowest BCUT2D eigenvalue weighted by Gasteiger charge is -2.14. The SMILES string of the molecule is COc1cccc(/C=C2/SC(=S)N(c3ccc(Br)cc3)C2=O)c1OC. The predicted molar refractivity (Wildman–Crippen MR) is 109 cm³/mol. The Balaban J connectivity index is 1.97. The number of carbonyl (C=O) groups is 1. The number of thiocarbonyl (C=S) groups is 1. The van der Waals surface area contributed by atoms with Crippen LogP contribution in [0.15, 0.2) is 51.8 Å². The van der Waals surface area contributed by atoms with Gasteiger partial charge >= 0.3 is 0 Å². The first-order valence-corrected chi connectivity index (χ1v) is 9.31. The minimum atomic E-state index is -0.151. The molecule has 25 heavy (non-hydrogen) atoms. The standard InChI is InChI=1S/C18H14BrNO3S2/c1-22-14-5-3-4-11(16(14)23-2)10-15-17(21)20(18(24)25-15)13-8-6-12(19)7-9-13/h3-10H,1-2H3/b15-10+. The Bertz CT molecular complexity index is 865. The predicted octanol–water partition coefficient (Wildman–Crippen LogP) is 4.87. The summed E-state index contributed by atoms with van der Waals surface area (Å²) >= 11 is 10.1. The molecule has 0 bridgehead atoms. The number of rotatable bonds is 4. The highest BCUT2D eigenvalue weighted by molar-refractivity contribution is 9.10. The van der Waals surface area contributed by atoms with Gasteiger partial charge in [-0.1, -0.05) is 52.0 Å². The molecular weight excluding hydrogens is 422 g/mol. The molecule has 128 valence electrons. The molecule has 1 aliphatic rings. The van der Waals surface area contributed by atoms with Crippen LogP contribution in [0.3, 0.4) is 0 Å². The van der Waals surface area contributed by atoms with E-state index in [9.17, 15) is 4.79 Å². The number of benzene rings is 2. The number of ether oxygens (including phenoxy) is 2. The lowest BCUT2D eigenvalue weighted by molar-refractivity contribution is -0.113. The molecule has 2 aromatic carbocycles. The summed E-state index contributed by atoms with van der Waals surface area (Å²) in [6.07, 6.45) is 1.78. The number of hydrogen-bond donors (Lipinski definition) is 0. The van der Waals surface area contributed by atoms with Gasteiger partial charge in [0, 0.05) is 10.0 Å². The number of thioether (sulfide) groups is 1. The fourth-order valence-electron chi connectivity index (χ4n) is 2.45. The van der Waals surface area contributed by atoms with Crippen LogP contribution in [0.4, 0.5) is 5.69 Å². The molecule has 0 aliphatic carbocycles. The summed E-state index contributed by atoms with van der Waals surface area (Å²) in [4.78, 5) is 14.9. The highest BCUT2D eigenvalue weighted by Crippen LogP contribution is 2.39. The van der Waals surface area contributed by atoms with Crippen LogP contribution < -0.4 is 14.4 Å². The molecule has 0 unspecified atom stereocenters. The molecule has 1 heterocycles. The highest BCUT2D eigenvalue weighted by atomic mass is 79.9. The van der Waals surface area contributed by atoms with Crippen LogP contribution >= 0.6 is 39.9 Å². The van der Waals surface area contributed by atoms with Gasteiger partial charge in [-0.3, -0.25) is 9.69 Å². The highest BCUT2D eigenvalue weighted by Gasteiger charge is 2.33. The zero-order chi connectivity index (χ0) is 18.0. The van der Waals surface area contributed by atoms with Crippen molar-refractivity contribution in [3.05, 3.63) is 57.4 Å². The number of halogens is 1. The third kappa shape index (κ3) is 3.58. The number of nitrogens with zero attached hydrogens (tertiary/aromatic N) is 1. The average molecular weight is 436 g/mol. The van der Waals surface area contributed by atoms with Gasteiger partial charge in [0.15, 0.2) is 15.8 Å². The van der Waals surface area contributed by atoms with Crippen molar-refractivity contribution in [2.24, 2.45) is 0 Å². The molecule has 2 aromatic rings. The third-order valence-electron chi connectivity index (χ3n) is 3.60. The second-order valence-electron chi connectivity index (χ2n) is 5.08. The van der Waals surface area contributed by atoms with Gasteiger partial charge in [0.1, 0.15) is 0 Å². The monoisotopic (exact) mass is 435 g/mol. The zero-order valence-electron chi connectivity index (χ0n) is 13.5. The van der Waals surface area contributed by atoms with Gasteiger partial charge in [-0.25, -0.2) is 0 Å². The number of amides is 1. The quantitative estimate of drug-likeness (QED) is 0.505. The third-order valence-corrected chi connectivity index (χ3v) is 5.43. The van der Waals surface area contributed by atoms with Crippen LogP contribution in [0, 0.1) is 0 Å². The Morgan fingerprint density at radius 2 is 1.84 bits per heavy atom. The maximum absolute atomic E-state index is 12.8. The average Bonchev–Trinajstić information content (AvgIpc) is 2.89. The van der Waals surface area contributed by atoms with Gasteiger partial charge in [-0.05, 0) is 36.4 Å². The number of anilines is 1. The molecule has 0 N–H and O–H groups in total. The largest absolute Gasteiger partial charge is 0.493 e. The molecular formula is C18H14BrNO3S2. The molecule has 1 aliphatic heterocycles. The molecule has 0 spiro atoms. The minimum absolute atomic E-state index is 0.151. The molecule has 0 aromatic heterocycles. The van der Waals surface area contributed by atoms with Gasteiger partial charge in [0.25, 0.3) is 5.91 Å². The summed E-state index contributed by atoms with van der Waals surface area (Å²) in [7, 11) is 3.15. The maximum atomic E-state index is 12.8. The van der Waals surface area contributed by atoms with E-state index in [-0.39, 0.29) is 5.91 Å². The minimum Gasteiger partial charge on any atom is -0.493 e. The number of methoxy groups -OCH3 is 2. The molecule has 1 saturated heterocycles. The Kier molecular flexibility index (Phi) is 5.46. The number of hydrogen-bond acceptors (Lipinski definition) is 5. The van der Waals surface area contributed by atoms with Crippen molar-refractivity contribution in [3.8, 4) is 11.5 Å². The summed E-state index contributed by atoms with van der Waals surface area (Å²) in [5.74, 6) is 1.04. The number of para-hydroxylation sites is 1. The van der Waals surface area contributed by atoms with E-state index in [1.165, 1.54) is 16.7 Å². The number of carbonyl (C=O) groups excluding carboxylic acids is 1. The topological polar surface area (TPSA) is 38.8 Å². The first-order valence-electron chi connectivity index (χ1n) is 7.29. The summed E-state index contributed by atoms with van der Waals surface area (Å²) in [6, 6.07) is 13.0. The van der Waals surface area contributed by atoms with Gasteiger partial charge in [0.2, 0.25) is 0 Å². The zero-order valence-corrected chi connectivity index (χ0v) is 16.7. The summed E-state index contributed by atoms with van der Waals surface area (Å²) in [6.45, 7) is 0. The molecule has 7 heteroatoms. The van der Waals surface area contributed by atoms with Gasteiger partial charge in [-0.15, -0.1) is 0 Å². The molecule has 0 saturated carbocycles. The molecule has 0 atom stereocenters. The van der Waals surface area contributed by atoms with Crippen molar-refractivity contribution >= 4 is 61.9 Å². The van der Waals surface area contributed by atoms with E-state index in [1.54, 1.807) is 20.3 Å². The van der Waals surface area contributed by atoms with Crippen molar-refractivity contribution in [1.82, 2.24) is 0 Å². The van der Waals surface area contributed by atoms with Crippen LogP contribution in [0.1, 0.15) is 5.56 Å². The summed E-state index contributed by atoms with van der Waals surface area (Å²) in [5, 5.41) is 0. The van der Waals surface area contributed by atoms with Crippen molar-refractivity contribution in [2.45, 2.75) is 0 Å². The molecule has 4 nitrogen and oxygen atoms in total. The first-order chi connectivity index (χ1) is 12.0. The second kappa shape index (κ2) is 7.59. The first kappa shape index (κ1) is 18.0. The molecule has 1 amide bonds. The smallest absolute Gasteiger partial charge is 0.270 e. The van der Waals surface area contributed by atoms with Gasteiger partial charge < -0.3 is 9.47 Å². The van der Waals surface area contributed by atoms with Crippen LogP contribution in [-0.2, 0) is 4.79 Å². The van der Waals surface area contributed by atoms with Gasteiger partial charge in [0.05, 0.1) is 24.8 Å². The van der Waals surface area contributed by atoms with Crippen molar-refractivity contribution in [1.29, 1.82) is 0 Å². The van der Waals surface area contributed by atoms with E-state index < -0.39 is 0 Å². The van der Waals surface area contributed by atoms with Gasteiger partial charge in [-0.2, -0.15) is 0 Å². The lowest BCUT2D eigenvalue weighted by atomic mass is 10.1.